The molecule has 6 heteroatoms. The van der Waals surface area contributed by atoms with Gasteiger partial charge < -0.3 is 10.8 Å². The lowest BCUT2D eigenvalue weighted by Crippen LogP contribution is -1.98. The quantitative estimate of drug-likeness (QED) is 0.286. The lowest BCUT2D eigenvalue weighted by Gasteiger charge is -1.99. The van der Waals surface area contributed by atoms with E-state index in [1.54, 1.807) is 6.07 Å². The van der Waals surface area contributed by atoms with E-state index in [-0.39, 0.29) is 17.0 Å². The summed E-state index contributed by atoms with van der Waals surface area (Å²) in [5, 5.41) is 27.8. The van der Waals surface area contributed by atoms with Crippen molar-refractivity contribution in [3.63, 3.8) is 0 Å². The van der Waals surface area contributed by atoms with Gasteiger partial charge in [-0.1, -0.05) is 0 Å². The maximum Gasteiger partial charge on any atom is 0.297 e. The van der Waals surface area contributed by atoms with E-state index in [0.717, 1.165) is 12.1 Å². The van der Waals surface area contributed by atoms with Crippen LogP contribution in [0.5, 0.6) is 5.75 Å². The number of nitrogens with zero attached hydrogens (tertiary/aromatic N) is 2. The van der Waals surface area contributed by atoms with E-state index < -0.39 is 10.6 Å². The van der Waals surface area contributed by atoms with Crippen molar-refractivity contribution in [2.45, 2.75) is 0 Å². The van der Waals surface area contributed by atoms with Gasteiger partial charge in [0.15, 0.2) is 0 Å². The fourth-order valence-electron chi connectivity index (χ4n) is 0.867. The summed E-state index contributed by atoms with van der Waals surface area (Å²) in [6, 6.07) is 3.61. The molecule has 1 aromatic carbocycles. The van der Waals surface area contributed by atoms with Crippen LogP contribution < -0.4 is 5.73 Å². The summed E-state index contributed by atoms with van der Waals surface area (Å²) < 4.78 is 0. The number of hydrogen-bond acceptors (Lipinski definition) is 5. The van der Waals surface area contributed by atoms with Crippen molar-refractivity contribution in [2.24, 2.45) is 0 Å². The number of nitro benzene ring substituents is 1. The smallest absolute Gasteiger partial charge is 0.297 e. The molecule has 0 heterocycles. The number of nitro groups is 1. The summed E-state index contributed by atoms with van der Waals surface area (Å²) in [5.74, 6) is -0.350. The lowest BCUT2D eigenvalue weighted by molar-refractivity contribution is -0.384. The predicted octanol–water partition coefficient (Wildman–Crippen LogP) is 0.754. The molecular formula is C7H5N3O3. The van der Waals surface area contributed by atoms with Gasteiger partial charge in [0.2, 0.25) is 0 Å². The third kappa shape index (κ3) is 1.49. The summed E-state index contributed by atoms with van der Waals surface area (Å²) in [6.07, 6.45) is 0. The Balaban J connectivity index is 3.47. The average Bonchev–Trinajstić information content (AvgIpc) is 2.08. The number of nitrogen functional groups attached to an aromatic ring is 1. The summed E-state index contributed by atoms with van der Waals surface area (Å²) >= 11 is 0. The summed E-state index contributed by atoms with van der Waals surface area (Å²) in [6.45, 7) is 0. The normalized spacial score (nSPS) is 9.15. The Morgan fingerprint density at radius 2 is 2.23 bits per heavy atom. The molecule has 6 nitrogen and oxygen atoms in total. The second kappa shape index (κ2) is 2.98. The van der Waals surface area contributed by atoms with Gasteiger partial charge in [-0.15, -0.1) is 0 Å². The van der Waals surface area contributed by atoms with Crippen LogP contribution in [0.25, 0.3) is 0 Å². The summed E-state index contributed by atoms with van der Waals surface area (Å²) in [5.41, 5.74) is 4.49. The number of phenolic OH excluding ortho intramolecular Hbond substituents is 1. The van der Waals surface area contributed by atoms with Gasteiger partial charge in [0.05, 0.1) is 16.6 Å². The molecule has 1 aromatic rings. The molecule has 0 aliphatic carbocycles. The molecule has 66 valence electrons. The molecular weight excluding hydrogens is 174 g/mol. The first-order valence-electron chi connectivity index (χ1n) is 3.23. The van der Waals surface area contributed by atoms with Crippen molar-refractivity contribution in [3.8, 4) is 11.8 Å². The van der Waals surface area contributed by atoms with E-state index in [0.29, 0.717) is 0 Å². The monoisotopic (exact) mass is 179 g/mol. The number of aromatic hydroxyl groups is 1. The zero-order valence-corrected chi connectivity index (χ0v) is 6.39. The standard InChI is InChI=1S/C7H5N3O3/c8-3-4-1-5(11)2-6(7(4)9)10(12)13/h1-2,11H,9H2. The highest BCUT2D eigenvalue weighted by atomic mass is 16.6. The van der Waals surface area contributed by atoms with Crippen molar-refractivity contribution in [1.29, 1.82) is 5.26 Å². The van der Waals surface area contributed by atoms with Gasteiger partial charge in [-0.3, -0.25) is 10.1 Å². The van der Waals surface area contributed by atoms with Crippen LogP contribution in [0.1, 0.15) is 5.56 Å². The van der Waals surface area contributed by atoms with Gasteiger partial charge in [0.1, 0.15) is 17.5 Å². The molecule has 0 saturated carbocycles. The average molecular weight is 179 g/mol. The Hall–Kier alpha value is -2.29. The van der Waals surface area contributed by atoms with Crippen LogP contribution in [-0.2, 0) is 0 Å². The molecule has 0 unspecified atom stereocenters. The zero-order chi connectivity index (χ0) is 10.0. The maximum absolute atomic E-state index is 10.3. The van der Waals surface area contributed by atoms with Crippen LogP contribution in [0, 0.1) is 21.4 Å². The fraction of sp³-hybridized carbons (Fsp3) is 0. The minimum atomic E-state index is -0.754. The fourth-order valence-corrected chi connectivity index (χ4v) is 0.867. The first kappa shape index (κ1) is 8.80. The number of benzene rings is 1. The highest BCUT2D eigenvalue weighted by Crippen LogP contribution is 2.29. The number of anilines is 1. The highest BCUT2D eigenvalue weighted by molar-refractivity contribution is 5.69. The Bertz CT molecular complexity index is 408. The van der Waals surface area contributed by atoms with Crippen molar-refractivity contribution < 1.29 is 10.0 Å². The van der Waals surface area contributed by atoms with Gasteiger partial charge in [-0.25, -0.2) is 0 Å². The molecule has 1 rings (SSSR count). The number of nitrogens with two attached hydrogens (primary N) is 1. The van der Waals surface area contributed by atoms with Crippen molar-refractivity contribution in [2.75, 3.05) is 5.73 Å². The largest absolute Gasteiger partial charge is 0.508 e. The number of phenols is 1. The van der Waals surface area contributed by atoms with E-state index in [2.05, 4.69) is 0 Å². The highest BCUT2D eigenvalue weighted by Gasteiger charge is 2.16. The topological polar surface area (TPSA) is 113 Å². The molecule has 0 saturated heterocycles. The number of hydrogen-bond donors (Lipinski definition) is 2. The van der Waals surface area contributed by atoms with Crippen LogP contribution in [0.15, 0.2) is 12.1 Å². The van der Waals surface area contributed by atoms with Crippen LogP contribution in [0.2, 0.25) is 0 Å². The Labute approximate surface area is 73.0 Å². The lowest BCUT2D eigenvalue weighted by atomic mass is 10.1. The van der Waals surface area contributed by atoms with E-state index in [9.17, 15) is 10.1 Å². The number of nitriles is 1. The van der Waals surface area contributed by atoms with Gasteiger partial charge in [-0.05, 0) is 0 Å². The van der Waals surface area contributed by atoms with Gasteiger partial charge in [0, 0.05) is 6.07 Å². The predicted molar refractivity (Wildman–Crippen MR) is 43.9 cm³/mol. The Morgan fingerprint density at radius 1 is 1.62 bits per heavy atom. The third-order valence-corrected chi connectivity index (χ3v) is 1.46. The summed E-state index contributed by atoms with van der Waals surface area (Å²) in [7, 11) is 0. The Kier molecular flexibility index (Phi) is 2.02. The van der Waals surface area contributed by atoms with Gasteiger partial charge in [0.25, 0.3) is 5.69 Å². The first-order chi connectivity index (χ1) is 6.06. The van der Waals surface area contributed by atoms with Crippen molar-refractivity contribution in [1.82, 2.24) is 0 Å². The molecule has 3 N–H and O–H groups in total. The van der Waals surface area contributed by atoms with Gasteiger partial charge in [-0.2, -0.15) is 5.26 Å². The molecule has 0 aliphatic heterocycles. The van der Waals surface area contributed by atoms with Crippen LogP contribution in [0.4, 0.5) is 11.4 Å². The van der Waals surface area contributed by atoms with Crippen LogP contribution in [-0.4, -0.2) is 10.0 Å². The second-order valence-corrected chi connectivity index (χ2v) is 2.30. The maximum atomic E-state index is 10.3. The molecule has 0 aliphatic rings. The minimum absolute atomic E-state index is 0.105. The van der Waals surface area contributed by atoms with E-state index in [1.807, 2.05) is 0 Å². The molecule has 0 fully saturated rings. The Morgan fingerprint density at radius 3 is 2.69 bits per heavy atom. The SMILES string of the molecule is N#Cc1cc(O)cc([N+](=O)[O-])c1N. The summed E-state index contributed by atoms with van der Waals surface area (Å²) in [4.78, 5) is 9.59. The molecule has 0 bridgehead atoms. The molecule has 0 radical (unpaired) electrons. The number of rotatable bonds is 1. The van der Waals surface area contributed by atoms with Crippen LogP contribution >= 0.6 is 0 Å². The second-order valence-electron chi connectivity index (χ2n) is 2.30. The van der Waals surface area contributed by atoms with Crippen LogP contribution in [0.3, 0.4) is 0 Å². The third-order valence-electron chi connectivity index (χ3n) is 1.46. The molecule has 0 spiro atoms. The van der Waals surface area contributed by atoms with E-state index >= 15 is 0 Å². The molecule has 0 aromatic heterocycles. The molecule has 13 heavy (non-hydrogen) atoms. The van der Waals surface area contributed by atoms with E-state index in [1.165, 1.54) is 0 Å². The zero-order valence-electron chi connectivity index (χ0n) is 6.39. The van der Waals surface area contributed by atoms with Crippen molar-refractivity contribution in [3.05, 3.63) is 27.8 Å². The minimum Gasteiger partial charge on any atom is -0.508 e. The van der Waals surface area contributed by atoms with Crippen molar-refractivity contribution >= 4 is 11.4 Å². The van der Waals surface area contributed by atoms with E-state index in [4.69, 9.17) is 16.1 Å². The first-order valence-corrected chi connectivity index (χ1v) is 3.23. The molecule has 0 atom stereocenters. The molecule has 0 amide bonds. The van der Waals surface area contributed by atoms with Gasteiger partial charge >= 0.3 is 0 Å².